The van der Waals surface area contributed by atoms with Crippen molar-refractivity contribution in [3.05, 3.63) is 22.6 Å². The van der Waals surface area contributed by atoms with Gasteiger partial charge in [0.05, 0.1) is 5.92 Å². The third-order valence-corrected chi connectivity index (χ3v) is 4.77. The molecule has 1 fully saturated rings. The molecule has 1 unspecified atom stereocenters. The highest BCUT2D eigenvalue weighted by molar-refractivity contribution is 6.30. The van der Waals surface area contributed by atoms with Crippen molar-refractivity contribution in [2.45, 2.75) is 50.7 Å². The van der Waals surface area contributed by atoms with Gasteiger partial charge < -0.3 is 10.1 Å². The van der Waals surface area contributed by atoms with Gasteiger partial charge in [0.2, 0.25) is 0 Å². The van der Waals surface area contributed by atoms with Gasteiger partial charge in [-0.3, -0.25) is 0 Å². The Balaban J connectivity index is 1.88. The Hall–Kier alpha value is -0.960. The SMILES string of the molecule is C[N+](C)=CC1C=C2OC3(CCCCC3)NC(Cl)=C2CC1. The fourth-order valence-electron chi connectivity index (χ4n) is 3.49. The van der Waals surface area contributed by atoms with Gasteiger partial charge >= 0.3 is 0 Å². The van der Waals surface area contributed by atoms with Crippen LogP contribution in [0, 0.1) is 5.92 Å². The summed E-state index contributed by atoms with van der Waals surface area (Å²) in [6, 6.07) is 0. The van der Waals surface area contributed by atoms with Crippen molar-refractivity contribution in [2.24, 2.45) is 5.92 Å². The van der Waals surface area contributed by atoms with Crippen molar-refractivity contribution >= 4 is 17.8 Å². The summed E-state index contributed by atoms with van der Waals surface area (Å²) in [6.07, 6.45) is 12.4. The second-order valence-electron chi connectivity index (χ2n) is 6.42. The van der Waals surface area contributed by atoms with Gasteiger partial charge in [-0.05, 0) is 31.8 Å². The number of ether oxygens (including phenoxy) is 1. The van der Waals surface area contributed by atoms with Crippen LogP contribution in [0.4, 0.5) is 0 Å². The minimum atomic E-state index is -0.245. The van der Waals surface area contributed by atoms with E-state index in [0.29, 0.717) is 5.92 Å². The molecule has 110 valence electrons. The maximum Gasteiger partial charge on any atom is 0.181 e. The largest absolute Gasteiger partial charge is 0.468 e. The first-order chi connectivity index (χ1) is 9.58. The highest BCUT2D eigenvalue weighted by atomic mass is 35.5. The Labute approximate surface area is 126 Å². The molecule has 1 N–H and O–H groups in total. The van der Waals surface area contributed by atoms with Crippen molar-refractivity contribution in [1.29, 1.82) is 0 Å². The van der Waals surface area contributed by atoms with E-state index >= 15 is 0 Å². The molecule has 1 spiro atoms. The van der Waals surface area contributed by atoms with E-state index in [1.165, 1.54) is 19.3 Å². The maximum atomic E-state index is 6.49. The molecule has 1 saturated carbocycles. The summed E-state index contributed by atoms with van der Waals surface area (Å²) < 4.78 is 8.49. The molecule has 0 aromatic rings. The lowest BCUT2D eigenvalue weighted by molar-refractivity contribution is -0.461. The monoisotopic (exact) mass is 295 g/mol. The van der Waals surface area contributed by atoms with Crippen LogP contribution in [0.5, 0.6) is 0 Å². The van der Waals surface area contributed by atoms with Gasteiger partial charge in [0.1, 0.15) is 31.2 Å². The molecule has 0 aromatic heterocycles. The second-order valence-corrected chi connectivity index (χ2v) is 6.80. The van der Waals surface area contributed by atoms with Gasteiger partial charge in [0.25, 0.3) is 0 Å². The van der Waals surface area contributed by atoms with E-state index in [-0.39, 0.29) is 5.72 Å². The van der Waals surface area contributed by atoms with Gasteiger partial charge in [-0.15, -0.1) is 0 Å². The molecular weight excluding hydrogens is 272 g/mol. The van der Waals surface area contributed by atoms with Gasteiger partial charge in [-0.1, -0.05) is 18.0 Å². The average molecular weight is 296 g/mol. The lowest BCUT2D eigenvalue weighted by atomic mass is 9.87. The Kier molecular flexibility index (Phi) is 3.80. The average Bonchev–Trinajstić information content (AvgIpc) is 2.38. The summed E-state index contributed by atoms with van der Waals surface area (Å²) >= 11 is 6.49. The van der Waals surface area contributed by atoms with Crippen LogP contribution in [0.2, 0.25) is 0 Å². The van der Waals surface area contributed by atoms with E-state index in [2.05, 4.69) is 36.3 Å². The Morgan fingerprint density at radius 2 is 2.10 bits per heavy atom. The van der Waals surface area contributed by atoms with Crippen LogP contribution < -0.4 is 5.32 Å². The molecule has 1 aliphatic heterocycles. The smallest absolute Gasteiger partial charge is 0.181 e. The number of fused-ring (bicyclic) bond motifs is 1. The lowest BCUT2D eigenvalue weighted by Crippen LogP contribution is -2.50. The molecule has 2 aliphatic carbocycles. The number of hydrogen-bond donors (Lipinski definition) is 1. The highest BCUT2D eigenvalue weighted by Gasteiger charge is 2.40. The van der Waals surface area contributed by atoms with Crippen LogP contribution in [-0.2, 0) is 4.74 Å². The van der Waals surface area contributed by atoms with E-state index in [9.17, 15) is 0 Å². The van der Waals surface area contributed by atoms with Crippen LogP contribution in [0.25, 0.3) is 0 Å². The van der Waals surface area contributed by atoms with Crippen molar-refractivity contribution < 1.29 is 9.31 Å². The van der Waals surface area contributed by atoms with Crippen molar-refractivity contribution in [3.8, 4) is 0 Å². The van der Waals surface area contributed by atoms with Crippen molar-refractivity contribution in [2.75, 3.05) is 14.1 Å². The summed E-state index contributed by atoms with van der Waals surface area (Å²) in [5, 5.41) is 4.26. The quantitative estimate of drug-likeness (QED) is 0.456. The topological polar surface area (TPSA) is 24.3 Å². The van der Waals surface area contributed by atoms with Gasteiger partial charge in [0.15, 0.2) is 5.72 Å². The second kappa shape index (κ2) is 5.44. The van der Waals surface area contributed by atoms with Gasteiger partial charge in [0, 0.05) is 18.4 Å². The standard InChI is InChI=1S/C16H24ClN2O/c1-19(2)11-12-6-7-13-14(10-12)20-16(18-15(13)17)8-4-3-5-9-16/h10-12,18H,3-9H2,1-2H3/q+1. The minimum Gasteiger partial charge on any atom is -0.468 e. The van der Waals surface area contributed by atoms with E-state index in [1.54, 1.807) is 0 Å². The number of hydrogen-bond acceptors (Lipinski definition) is 2. The van der Waals surface area contributed by atoms with E-state index in [0.717, 1.165) is 42.2 Å². The zero-order valence-corrected chi connectivity index (χ0v) is 13.2. The number of rotatable bonds is 1. The zero-order chi connectivity index (χ0) is 14.2. The number of halogens is 1. The van der Waals surface area contributed by atoms with E-state index in [1.807, 2.05) is 0 Å². The predicted octanol–water partition coefficient (Wildman–Crippen LogP) is 3.35. The summed E-state index contributed by atoms with van der Waals surface area (Å²) in [4.78, 5) is 0. The highest BCUT2D eigenvalue weighted by Crippen LogP contribution is 2.42. The molecule has 0 bridgehead atoms. The van der Waals surface area contributed by atoms with Crippen LogP contribution in [-0.4, -0.2) is 30.6 Å². The predicted molar refractivity (Wildman–Crippen MR) is 81.9 cm³/mol. The maximum absolute atomic E-state index is 6.49. The summed E-state index contributed by atoms with van der Waals surface area (Å²) in [5.41, 5.74) is 0.913. The van der Waals surface area contributed by atoms with E-state index in [4.69, 9.17) is 16.3 Å². The third-order valence-electron chi connectivity index (χ3n) is 4.45. The molecular formula is C16H24ClN2O+. The molecule has 3 nitrogen and oxygen atoms in total. The van der Waals surface area contributed by atoms with Crippen LogP contribution in [0.1, 0.15) is 44.9 Å². The van der Waals surface area contributed by atoms with Gasteiger partial charge in [-0.2, -0.15) is 0 Å². The number of nitrogens with zero attached hydrogens (tertiary/aromatic N) is 1. The molecule has 1 heterocycles. The molecule has 4 heteroatoms. The molecule has 0 saturated heterocycles. The molecule has 0 aromatic carbocycles. The first-order valence-electron chi connectivity index (χ1n) is 7.67. The number of nitrogens with one attached hydrogen (secondary N) is 1. The van der Waals surface area contributed by atoms with Crippen molar-refractivity contribution in [3.63, 3.8) is 0 Å². The minimum absolute atomic E-state index is 0.245. The summed E-state index contributed by atoms with van der Waals surface area (Å²) in [7, 11) is 4.14. The van der Waals surface area contributed by atoms with Gasteiger partial charge in [-0.25, -0.2) is 4.58 Å². The first kappa shape index (κ1) is 14.0. The fraction of sp³-hybridized carbons (Fsp3) is 0.688. The Morgan fingerprint density at radius 3 is 2.80 bits per heavy atom. The molecule has 3 rings (SSSR count). The van der Waals surface area contributed by atoms with Crippen LogP contribution >= 0.6 is 11.6 Å². The molecule has 3 aliphatic rings. The molecule has 1 atom stereocenters. The molecule has 0 radical (unpaired) electrons. The van der Waals surface area contributed by atoms with Crippen LogP contribution in [0.3, 0.4) is 0 Å². The van der Waals surface area contributed by atoms with Crippen LogP contribution in [0.15, 0.2) is 22.6 Å². The summed E-state index contributed by atoms with van der Waals surface area (Å²) in [5.74, 6) is 1.47. The molecule has 0 amide bonds. The van der Waals surface area contributed by atoms with Crippen molar-refractivity contribution in [1.82, 2.24) is 5.32 Å². The Bertz CT molecular complexity index is 483. The first-order valence-corrected chi connectivity index (χ1v) is 8.05. The summed E-state index contributed by atoms with van der Waals surface area (Å²) in [6.45, 7) is 0. The fourth-order valence-corrected chi connectivity index (χ4v) is 3.85. The lowest BCUT2D eigenvalue weighted by Gasteiger charge is -2.44. The Morgan fingerprint density at radius 1 is 1.35 bits per heavy atom. The number of allylic oxidation sites excluding steroid dienone is 2. The normalized spacial score (nSPS) is 28.1. The third kappa shape index (κ3) is 2.73. The van der Waals surface area contributed by atoms with E-state index < -0.39 is 0 Å². The molecule has 20 heavy (non-hydrogen) atoms. The zero-order valence-electron chi connectivity index (χ0n) is 12.4.